The molecule has 1 N–H and O–H groups in total. The largest absolute Gasteiger partial charge is 0.273 e. The first-order valence-electron chi connectivity index (χ1n) is 5.83. The molecule has 0 radical (unpaired) electrons. The SMILES string of the molecule is CC(C)CONC(=O)CCc1ccc(F)c(F)c1. The van der Waals surface area contributed by atoms with Gasteiger partial charge < -0.3 is 0 Å². The van der Waals surface area contributed by atoms with Gasteiger partial charge in [0.05, 0.1) is 6.61 Å². The molecule has 0 unspecified atom stereocenters. The van der Waals surface area contributed by atoms with Crippen LogP contribution in [-0.4, -0.2) is 12.5 Å². The van der Waals surface area contributed by atoms with Crippen molar-refractivity contribution < 1.29 is 18.4 Å². The van der Waals surface area contributed by atoms with Gasteiger partial charge in [-0.3, -0.25) is 9.63 Å². The van der Waals surface area contributed by atoms with E-state index in [2.05, 4.69) is 5.48 Å². The molecular formula is C13H17F2NO2. The minimum Gasteiger partial charge on any atom is -0.273 e. The average Bonchev–Trinajstić information content (AvgIpc) is 2.30. The van der Waals surface area contributed by atoms with Crippen LogP contribution in [0.1, 0.15) is 25.8 Å². The molecule has 0 aromatic heterocycles. The summed E-state index contributed by atoms with van der Waals surface area (Å²) in [4.78, 5) is 16.3. The van der Waals surface area contributed by atoms with E-state index in [1.165, 1.54) is 6.07 Å². The Balaban J connectivity index is 2.31. The molecule has 1 rings (SSSR count). The Bertz CT molecular complexity index is 408. The molecule has 5 heteroatoms. The van der Waals surface area contributed by atoms with Crippen molar-refractivity contribution in [2.45, 2.75) is 26.7 Å². The smallest absolute Gasteiger partial charge is 0.243 e. The Labute approximate surface area is 105 Å². The third-order valence-electron chi connectivity index (χ3n) is 2.23. The molecule has 1 aromatic carbocycles. The second-order valence-corrected chi connectivity index (χ2v) is 4.48. The molecule has 0 spiro atoms. The lowest BCUT2D eigenvalue weighted by Crippen LogP contribution is -2.25. The van der Waals surface area contributed by atoms with E-state index in [4.69, 9.17) is 4.84 Å². The fourth-order valence-electron chi connectivity index (χ4n) is 1.29. The molecule has 0 heterocycles. The van der Waals surface area contributed by atoms with E-state index in [-0.39, 0.29) is 12.3 Å². The average molecular weight is 257 g/mol. The number of halogens is 2. The van der Waals surface area contributed by atoms with Gasteiger partial charge in [-0.1, -0.05) is 19.9 Å². The zero-order valence-corrected chi connectivity index (χ0v) is 10.5. The summed E-state index contributed by atoms with van der Waals surface area (Å²) in [5, 5.41) is 0. The summed E-state index contributed by atoms with van der Waals surface area (Å²) in [7, 11) is 0. The summed E-state index contributed by atoms with van der Waals surface area (Å²) in [5.74, 6) is -1.73. The van der Waals surface area contributed by atoms with Crippen LogP contribution in [0.15, 0.2) is 18.2 Å². The van der Waals surface area contributed by atoms with Crippen LogP contribution in [0, 0.1) is 17.6 Å². The van der Waals surface area contributed by atoms with E-state index in [1.54, 1.807) is 0 Å². The molecule has 3 nitrogen and oxygen atoms in total. The van der Waals surface area contributed by atoms with Crippen molar-refractivity contribution in [3.63, 3.8) is 0 Å². The highest BCUT2D eigenvalue weighted by molar-refractivity contribution is 5.75. The molecule has 0 aliphatic carbocycles. The fraction of sp³-hybridized carbons (Fsp3) is 0.462. The van der Waals surface area contributed by atoms with Crippen molar-refractivity contribution in [2.75, 3.05) is 6.61 Å². The number of hydrogen-bond donors (Lipinski definition) is 1. The quantitative estimate of drug-likeness (QED) is 0.795. The Morgan fingerprint density at radius 1 is 1.33 bits per heavy atom. The number of nitrogens with one attached hydrogen (secondary N) is 1. The Morgan fingerprint density at radius 3 is 2.67 bits per heavy atom. The standard InChI is InChI=1S/C13H17F2NO2/c1-9(2)8-18-16-13(17)6-4-10-3-5-11(14)12(15)7-10/h3,5,7,9H,4,6,8H2,1-2H3,(H,16,17). The molecule has 1 aromatic rings. The van der Waals surface area contributed by atoms with Crippen LogP contribution in [0.5, 0.6) is 0 Å². The number of rotatable bonds is 6. The molecule has 100 valence electrons. The lowest BCUT2D eigenvalue weighted by molar-refractivity contribution is -0.134. The van der Waals surface area contributed by atoms with Gasteiger partial charge in [-0.2, -0.15) is 0 Å². The van der Waals surface area contributed by atoms with Crippen molar-refractivity contribution >= 4 is 5.91 Å². The second-order valence-electron chi connectivity index (χ2n) is 4.48. The van der Waals surface area contributed by atoms with Crippen LogP contribution in [-0.2, 0) is 16.1 Å². The van der Waals surface area contributed by atoms with Gasteiger partial charge in [0.15, 0.2) is 11.6 Å². The first kappa shape index (κ1) is 14.6. The van der Waals surface area contributed by atoms with Crippen LogP contribution in [0.3, 0.4) is 0 Å². The van der Waals surface area contributed by atoms with E-state index in [1.807, 2.05) is 13.8 Å². The highest BCUT2D eigenvalue weighted by atomic mass is 19.2. The number of amides is 1. The van der Waals surface area contributed by atoms with Crippen molar-refractivity contribution in [1.29, 1.82) is 0 Å². The minimum atomic E-state index is -0.899. The zero-order chi connectivity index (χ0) is 13.5. The topological polar surface area (TPSA) is 38.3 Å². The van der Waals surface area contributed by atoms with Gasteiger partial charge >= 0.3 is 0 Å². The molecular weight excluding hydrogens is 240 g/mol. The highest BCUT2D eigenvalue weighted by Gasteiger charge is 2.06. The van der Waals surface area contributed by atoms with Crippen LogP contribution >= 0.6 is 0 Å². The second kappa shape index (κ2) is 7.06. The van der Waals surface area contributed by atoms with Crippen LogP contribution in [0.25, 0.3) is 0 Å². The van der Waals surface area contributed by atoms with Crippen molar-refractivity contribution in [1.82, 2.24) is 5.48 Å². The Hall–Kier alpha value is -1.49. The Kier molecular flexibility index (Phi) is 5.71. The molecule has 0 atom stereocenters. The number of carbonyl (C=O) groups excluding carboxylic acids is 1. The first-order valence-corrected chi connectivity index (χ1v) is 5.83. The summed E-state index contributed by atoms with van der Waals surface area (Å²) >= 11 is 0. The van der Waals surface area contributed by atoms with E-state index >= 15 is 0 Å². The van der Waals surface area contributed by atoms with Crippen LogP contribution in [0.4, 0.5) is 8.78 Å². The third-order valence-corrected chi connectivity index (χ3v) is 2.23. The van der Waals surface area contributed by atoms with Gasteiger partial charge in [-0.05, 0) is 30.0 Å². The molecule has 0 aliphatic heterocycles. The normalized spacial score (nSPS) is 10.7. The van der Waals surface area contributed by atoms with Gasteiger partial charge in [-0.15, -0.1) is 0 Å². The van der Waals surface area contributed by atoms with Gasteiger partial charge in [-0.25, -0.2) is 14.3 Å². The molecule has 0 aliphatic rings. The van der Waals surface area contributed by atoms with Gasteiger partial charge in [0, 0.05) is 6.42 Å². The molecule has 0 bridgehead atoms. The van der Waals surface area contributed by atoms with Crippen molar-refractivity contribution in [3.8, 4) is 0 Å². The predicted octanol–water partition coefficient (Wildman–Crippen LogP) is 2.60. The third kappa shape index (κ3) is 5.23. The molecule has 18 heavy (non-hydrogen) atoms. The van der Waals surface area contributed by atoms with Gasteiger partial charge in [0.2, 0.25) is 5.91 Å². The predicted molar refractivity (Wildman–Crippen MR) is 63.6 cm³/mol. The molecule has 1 amide bonds. The van der Waals surface area contributed by atoms with Gasteiger partial charge in [0.25, 0.3) is 0 Å². The molecule has 0 saturated carbocycles. The number of carbonyl (C=O) groups is 1. The summed E-state index contributed by atoms with van der Waals surface area (Å²) < 4.78 is 25.6. The maximum absolute atomic E-state index is 12.9. The lowest BCUT2D eigenvalue weighted by Gasteiger charge is -2.07. The first-order chi connectivity index (χ1) is 8.49. The number of aryl methyl sites for hydroxylation is 1. The van der Waals surface area contributed by atoms with Crippen LogP contribution < -0.4 is 5.48 Å². The van der Waals surface area contributed by atoms with E-state index in [0.717, 1.165) is 12.1 Å². The fourth-order valence-corrected chi connectivity index (χ4v) is 1.29. The lowest BCUT2D eigenvalue weighted by atomic mass is 10.1. The summed E-state index contributed by atoms with van der Waals surface area (Å²) in [5.41, 5.74) is 2.88. The zero-order valence-electron chi connectivity index (χ0n) is 10.5. The maximum Gasteiger partial charge on any atom is 0.243 e. The molecule has 0 saturated heterocycles. The molecule has 0 fully saturated rings. The summed E-state index contributed by atoms with van der Waals surface area (Å²) in [6, 6.07) is 3.61. The number of benzene rings is 1. The van der Waals surface area contributed by atoms with Crippen molar-refractivity contribution in [3.05, 3.63) is 35.4 Å². The highest BCUT2D eigenvalue weighted by Crippen LogP contribution is 2.10. The van der Waals surface area contributed by atoms with E-state index < -0.39 is 11.6 Å². The summed E-state index contributed by atoms with van der Waals surface area (Å²) in [6.07, 6.45) is 0.511. The van der Waals surface area contributed by atoms with Crippen LogP contribution in [0.2, 0.25) is 0 Å². The maximum atomic E-state index is 12.9. The van der Waals surface area contributed by atoms with Gasteiger partial charge in [0.1, 0.15) is 0 Å². The van der Waals surface area contributed by atoms with E-state index in [0.29, 0.717) is 24.5 Å². The number of hydroxylamine groups is 1. The van der Waals surface area contributed by atoms with E-state index in [9.17, 15) is 13.6 Å². The van der Waals surface area contributed by atoms with Crippen molar-refractivity contribution in [2.24, 2.45) is 5.92 Å². The minimum absolute atomic E-state index is 0.170. The monoisotopic (exact) mass is 257 g/mol. The summed E-state index contributed by atoms with van der Waals surface area (Å²) in [6.45, 7) is 4.37. The number of hydrogen-bond acceptors (Lipinski definition) is 2. The Morgan fingerprint density at radius 2 is 2.06 bits per heavy atom.